The van der Waals surface area contributed by atoms with Crippen LogP contribution in [0.3, 0.4) is 0 Å². The lowest BCUT2D eigenvalue weighted by Gasteiger charge is -2.42. The zero-order valence-electron chi connectivity index (χ0n) is 19.9. The molecule has 0 unspecified atom stereocenters. The highest BCUT2D eigenvalue weighted by atomic mass is 35.5. The van der Waals surface area contributed by atoms with E-state index in [1.807, 2.05) is 60.3 Å². The molecule has 0 atom stereocenters. The van der Waals surface area contributed by atoms with Gasteiger partial charge < -0.3 is 9.80 Å². The second-order valence-corrected chi connectivity index (χ2v) is 10.2. The number of imide groups is 1. The first-order valence-corrected chi connectivity index (χ1v) is 12.0. The fraction of sp³-hybridized carbons (Fsp3) is 0.600. The summed E-state index contributed by atoms with van der Waals surface area (Å²) in [5.74, 6) is 0.464. The number of rotatable bonds is 9. The topological polar surface area (TPSA) is 47.1 Å². The Kier molecular flexibility index (Phi) is 8.37. The minimum absolute atomic E-state index is 0.0151. The van der Waals surface area contributed by atoms with Crippen molar-refractivity contribution in [2.75, 3.05) is 53.4 Å². The molecule has 0 bridgehead atoms. The van der Waals surface area contributed by atoms with E-state index in [2.05, 4.69) is 18.7 Å². The van der Waals surface area contributed by atoms with Crippen molar-refractivity contribution in [3.05, 3.63) is 40.9 Å². The predicted molar refractivity (Wildman–Crippen MR) is 131 cm³/mol. The quantitative estimate of drug-likeness (QED) is 0.523. The summed E-state index contributed by atoms with van der Waals surface area (Å²) in [5.41, 5.74) is 0.378. The normalized spacial score (nSPS) is 19.8. The standard InChI is InChI=1S/C25H37ClN4O2/c1-20(2)10-13-30-24(32)29(17-16-27(3)4)23(31)25(30)11-14-28(15-12-25)19-22(26)18-21-8-6-5-7-9-21/h5-9,18,20H,10-17,19H2,1-4H3/b22-18-. The van der Waals surface area contributed by atoms with Crippen LogP contribution in [0.25, 0.3) is 6.08 Å². The van der Waals surface area contributed by atoms with Crippen molar-refractivity contribution >= 4 is 29.6 Å². The second kappa shape index (κ2) is 10.8. The molecule has 0 aromatic heterocycles. The van der Waals surface area contributed by atoms with E-state index in [1.165, 1.54) is 4.90 Å². The lowest BCUT2D eigenvalue weighted by Crippen LogP contribution is -2.57. The fourth-order valence-electron chi connectivity index (χ4n) is 4.53. The van der Waals surface area contributed by atoms with E-state index < -0.39 is 5.54 Å². The third kappa shape index (κ3) is 5.72. The Morgan fingerprint density at radius 1 is 1.12 bits per heavy atom. The molecule has 2 saturated heterocycles. The van der Waals surface area contributed by atoms with Gasteiger partial charge in [-0.05, 0) is 50.9 Å². The zero-order chi connectivity index (χ0) is 23.3. The lowest BCUT2D eigenvalue weighted by molar-refractivity contribution is -0.135. The molecule has 0 aliphatic carbocycles. The van der Waals surface area contributed by atoms with Crippen LogP contribution in [0, 0.1) is 5.92 Å². The Labute approximate surface area is 197 Å². The van der Waals surface area contributed by atoms with E-state index in [0.29, 0.717) is 44.9 Å². The first kappa shape index (κ1) is 24.7. The van der Waals surface area contributed by atoms with Crippen molar-refractivity contribution in [2.24, 2.45) is 5.92 Å². The highest BCUT2D eigenvalue weighted by Gasteiger charge is 2.57. The Bertz CT molecular complexity index is 816. The number of urea groups is 1. The van der Waals surface area contributed by atoms with Crippen molar-refractivity contribution in [3.63, 3.8) is 0 Å². The summed E-state index contributed by atoms with van der Waals surface area (Å²) in [6, 6.07) is 9.93. The SMILES string of the molecule is CC(C)CCN1C(=O)N(CCN(C)C)C(=O)C12CCN(C/C(Cl)=C/c1ccccc1)CC2. The Morgan fingerprint density at radius 3 is 2.38 bits per heavy atom. The summed E-state index contributed by atoms with van der Waals surface area (Å²) in [6.45, 7) is 8.22. The van der Waals surface area contributed by atoms with E-state index in [9.17, 15) is 9.59 Å². The van der Waals surface area contributed by atoms with Crippen LogP contribution in [0.5, 0.6) is 0 Å². The summed E-state index contributed by atoms with van der Waals surface area (Å²) in [4.78, 5) is 34.4. The number of likely N-dealkylation sites (tertiary alicyclic amines) is 1. The van der Waals surface area contributed by atoms with Gasteiger partial charge in [0.1, 0.15) is 5.54 Å². The molecule has 3 rings (SSSR count). The molecular weight excluding hydrogens is 424 g/mol. The van der Waals surface area contributed by atoms with E-state index in [1.54, 1.807) is 0 Å². The van der Waals surface area contributed by atoms with E-state index in [4.69, 9.17) is 11.6 Å². The van der Waals surface area contributed by atoms with Crippen molar-refractivity contribution in [1.29, 1.82) is 0 Å². The molecular formula is C25H37ClN4O2. The van der Waals surface area contributed by atoms with Crippen LogP contribution in [0.15, 0.2) is 35.4 Å². The van der Waals surface area contributed by atoms with Crippen LogP contribution in [-0.4, -0.2) is 90.4 Å². The number of halogens is 1. The molecule has 1 aromatic rings. The molecule has 3 amide bonds. The van der Waals surface area contributed by atoms with Gasteiger partial charge in [0.25, 0.3) is 5.91 Å². The van der Waals surface area contributed by atoms with Gasteiger partial charge in [-0.3, -0.25) is 14.6 Å². The largest absolute Gasteiger partial charge is 0.327 e. The molecule has 2 fully saturated rings. The lowest BCUT2D eigenvalue weighted by atomic mass is 9.85. The Balaban J connectivity index is 1.69. The van der Waals surface area contributed by atoms with Gasteiger partial charge in [-0.25, -0.2) is 4.79 Å². The average molecular weight is 461 g/mol. The third-order valence-electron chi connectivity index (χ3n) is 6.50. The van der Waals surface area contributed by atoms with Crippen molar-refractivity contribution in [1.82, 2.24) is 19.6 Å². The highest BCUT2D eigenvalue weighted by molar-refractivity contribution is 6.31. The number of amides is 3. The zero-order valence-corrected chi connectivity index (χ0v) is 20.6. The molecule has 0 radical (unpaired) electrons. The average Bonchev–Trinajstić information content (AvgIpc) is 2.93. The molecule has 2 heterocycles. The van der Waals surface area contributed by atoms with E-state index in [0.717, 1.165) is 30.1 Å². The molecule has 1 aromatic carbocycles. The number of nitrogens with zero attached hydrogens (tertiary/aromatic N) is 4. The molecule has 2 aliphatic rings. The number of hydrogen-bond donors (Lipinski definition) is 0. The molecule has 2 aliphatic heterocycles. The van der Waals surface area contributed by atoms with Gasteiger partial charge in [0.15, 0.2) is 0 Å². The third-order valence-corrected chi connectivity index (χ3v) is 6.73. The van der Waals surface area contributed by atoms with Crippen LogP contribution < -0.4 is 0 Å². The van der Waals surface area contributed by atoms with Gasteiger partial charge in [-0.15, -0.1) is 0 Å². The van der Waals surface area contributed by atoms with Gasteiger partial charge in [0.05, 0.1) is 0 Å². The number of hydrogen-bond acceptors (Lipinski definition) is 4. The van der Waals surface area contributed by atoms with Gasteiger partial charge in [-0.2, -0.15) is 0 Å². The number of benzene rings is 1. The maximum absolute atomic E-state index is 13.5. The van der Waals surface area contributed by atoms with Gasteiger partial charge in [0.2, 0.25) is 0 Å². The minimum Gasteiger partial charge on any atom is -0.309 e. The molecule has 1 spiro atoms. The molecule has 6 nitrogen and oxygen atoms in total. The van der Waals surface area contributed by atoms with Crippen molar-refractivity contribution < 1.29 is 9.59 Å². The first-order valence-electron chi connectivity index (χ1n) is 11.6. The number of carbonyl (C=O) groups is 2. The second-order valence-electron chi connectivity index (χ2n) is 9.69. The smallest absolute Gasteiger partial charge is 0.309 e. The summed E-state index contributed by atoms with van der Waals surface area (Å²) < 4.78 is 0. The van der Waals surface area contributed by atoms with Gasteiger partial charge in [-0.1, -0.05) is 55.8 Å². The van der Waals surface area contributed by atoms with E-state index >= 15 is 0 Å². The maximum atomic E-state index is 13.5. The fourth-order valence-corrected chi connectivity index (χ4v) is 4.83. The van der Waals surface area contributed by atoms with Crippen LogP contribution in [0.4, 0.5) is 4.79 Å². The van der Waals surface area contributed by atoms with Crippen LogP contribution in [-0.2, 0) is 4.79 Å². The maximum Gasteiger partial charge on any atom is 0.327 e. The van der Waals surface area contributed by atoms with Crippen LogP contribution in [0.2, 0.25) is 0 Å². The number of carbonyl (C=O) groups excluding carboxylic acids is 2. The van der Waals surface area contributed by atoms with Crippen LogP contribution in [0.1, 0.15) is 38.7 Å². The van der Waals surface area contributed by atoms with Gasteiger partial charge in [0, 0.05) is 44.3 Å². The van der Waals surface area contributed by atoms with E-state index in [-0.39, 0.29) is 11.9 Å². The molecule has 0 N–H and O–H groups in total. The first-order chi connectivity index (χ1) is 15.2. The Hall–Kier alpha value is -1.89. The Morgan fingerprint density at radius 2 is 1.78 bits per heavy atom. The molecule has 32 heavy (non-hydrogen) atoms. The summed E-state index contributed by atoms with van der Waals surface area (Å²) in [6.07, 6.45) is 4.21. The summed E-state index contributed by atoms with van der Waals surface area (Å²) in [5, 5.41) is 0.783. The predicted octanol–water partition coefficient (Wildman–Crippen LogP) is 3.97. The monoisotopic (exact) mass is 460 g/mol. The number of piperidine rings is 1. The van der Waals surface area contributed by atoms with Gasteiger partial charge >= 0.3 is 6.03 Å². The van der Waals surface area contributed by atoms with Crippen molar-refractivity contribution in [3.8, 4) is 0 Å². The van der Waals surface area contributed by atoms with Crippen LogP contribution >= 0.6 is 11.6 Å². The van der Waals surface area contributed by atoms with Crippen molar-refractivity contribution in [2.45, 2.75) is 38.6 Å². The number of likely N-dealkylation sites (N-methyl/N-ethyl adjacent to an activating group) is 1. The summed E-state index contributed by atoms with van der Waals surface area (Å²) >= 11 is 6.53. The minimum atomic E-state index is -0.704. The summed E-state index contributed by atoms with van der Waals surface area (Å²) in [7, 11) is 3.92. The molecule has 7 heteroatoms. The highest BCUT2D eigenvalue weighted by Crippen LogP contribution is 2.38. The molecule has 0 saturated carbocycles. The molecule has 176 valence electrons.